The van der Waals surface area contributed by atoms with Crippen molar-refractivity contribution in [1.29, 1.82) is 0 Å². The third kappa shape index (κ3) is 2.53. The second-order valence-electron chi connectivity index (χ2n) is 8.55. The van der Waals surface area contributed by atoms with Crippen LogP contribution >= 0.6 is 0 Å². The van der Waals surface area contributed by atoms with Crippen LogP contribution in [0.15, 0.2) is 0 Å². The summed E-state index contributed by atoms with van der Waals surface area (Å²) < 4.78 is 4.57. The van der Waals surface area contributed by atoms with Crippen LogP contribution in [0.1, 0.15) is 65.7 Å². The van der Waals surface area contributed by atoms with E-state index >= 15 is 0 Å². The van der Waals surface area contributed by atoms with Crippen LogP contribution in [0, 0.1) is 40.9 Å². The molecular weight excluding hydrogens is 260 g/mol. The van der Waals surface area contributed by atoms with Gasteiger partial charge in [0.25, 0.3) is 0 Å². The van der Waals surface area contributed by atoms with Crippen LogP contribution in [0.4, 0.5) is 0 Å². The number of methoxy groups -OCH3 is 1. The smallest absolute Gasteiger partial charge is 0.311 e. The molecule has 0 aromatic carbocycles. The molecule has 0 radical (unpaired) electrons. The summed E-state index contributed by atoms with van der Waals surface area (Å²) in [6, 6.07) is 0. The molecule has 0 spiro atoms. The van der Waals surface area contributed by atoms with Gasteiger partial charge >= 0.3 is 5.97 Å². The van der Waals surface area contributed by atoms with Crippen molar-refractivity contribution in [2.45, 2.75) is 65.7 Å². The second kappa shape index (κ2) is 5.59. The van der Waals surface area contributed by atoms with E-state index in [4.69, 9.17) is 0 Å². The van der Waals surface area contributed by atoms with Gasteiger partial charge in [-0.1, -0.05) is 6.92 Å². The lowest BCUT2D eigenvalue weighted by molar-refractivity contribution is -0.150. The minimum absolute atomic E-state index is 0.134. The van der Waals surface area contributed by atoms with E-state index in [2.05, 4.69) is 4.74 Å². The fraction of sp³-hybridized carbons (Fsp3) is 0.947. The van der Waals surface area contributed by atoms with Gasteiger partial charge in [0.05, 0.1) is 12.5 Å². The zero-order valence-corrected chi connectivity index (χ0v) is 14.2. The first-order chi connectivity index (χ1) is 9.97. The maximum Gasteiger partial charge on any atom is 0.311 e. The van der Waals surface area contributed by atoms with E-state index in [1.54, 1.807) is 38.5 Å². The molecule has 4 unspecified atom stereocenters. The minimum atomic E-state index is -0.311. The van der Waals surface area contributed by atoms with E-state index < -0.39 is 0 Å². The molecule has 21 heavy (non-hydrogen) atoms. The lowest BCUT2D eigenvalue weighted by Crippen LogP contribution is -2.27. The monoisotopic (exact) mass is 292 g/mol. The molecule has 0 N–H and O–H groups in total. The van der Waals surface area contributed by atoms with Crippen LogP contribution in [0.2, 0.25) is 0 Å². The van der Waals surface area contributed by atoms with Crippen LogP contribution in [-0.4, -0.2) is 13.1 Å². The lowest BCUT2D eigenvalue weighted by atomic mass is 9.71. The highest BCUT2D eigenvalue weighted by molar-refractivity contribution is 5.75. The van der Waals surface area contributed by atoms with E-state index in [9.17, 15) is 4.79 Å². The Kier molecular flexibility index (Phi) is 4.09. The van der Waals surface area contributed by atoms with Crippen molar-refractivity contribution in [3.05, 3.63) is 0 Å². The molecule has 4 atom stereocenters. The van der Waals surface area contributed by atoms with Crippen LogP contribution in [-0.2, 0) is 9.53 Å². The number of fused-ring (bicyclic) bond motifs is 9. The average Bonchev–Trinajstić information content (AvgIpc) is 3.24. The van der Waals surface area contributed by atoms with Crippen molar-refractivity contribution in [2.75, 3.05) is 7.11 Å². The maximum absolute atomic E-state index is 10.8. The summed E-state index contributed by atoms with van der Waals surface area (Å²) in [4.78, 5) is 10.8. The maximum atomic E-state index is 10.8. The quantitative estimate of drug-likeness (QED) is 0.546. The van der Waals surface area contributed by atoms with Crippen molar-refractivity contribution >= 4 is 5.97 Å². The summed E-state index contributed by atoms with van der Waals surface area (Å²) in [7, 11) is 1.42. The number of carbonyl (C=O) groups is 1. The van der Waals surface area contributed by atoms with E-state index in [1.165, 1.54) is 42.6 Å². The molecule has 4 fully saturated rings. The third-order valence-electron chi connectivity index (χ3n) is 7.27. The predicted octanol–water partition coefficient (Wildman–Crippen LogP) is 4.67. The second-order valence-corrected chi connectivity index (χ2v) is 8.55. The molecule has 4 saturated carbocycles. The Balaban J connectivity index is 0.000000134. The topological polar surface area (TPSA) is 26.3 Å². The van der Waals surface area contributed by atoms with E-state index in [0.717, 1.165) is 6.42 Å². The van der Waals surface area contributed by atoms with Crippen LogP contribution in [0.3, 0.4) is 0 Å². The largest absolute Gasteiger partial charge is 0.469 e. The Hall–Kier alpha value is -0.530. The van der Waals surface area contributed by atoms with Gasteiger partial charge in [0.15, 0.2) is 0 Å². The van der Waals surface area contributed by atoms with Crippen molar-refractivity contribution in [3.8, 4) is 0 Å². The molecule has 4 bridgehead atoms. The number of hydrogen-bond acceptors (Lipinski definition) is 2. The Bertz CT molecular complexity index is 356. The third-order valence-corrected chi connectivity index (χ3v) is 7.27. The predicted molar refractivity (Wildman–Crippen MR) is 84.7 cm³/mol. The molecule has 2 nitrogen and oxygen atoms in total. The molecule has 4 aliphatic carbocycles. The molecule has 4 rings (SSSR count). The first-order valence-corrected chi connectivity index (χ1v) is 9.06. The highest BCUT2D eigenvalue weighted by Gasteiger charge is 2.59. The number of rotatable bonds is 2. The van der Waals surface area contributed by atoms with Gasteiger partial charge in [-0.25, -0.2) is 0 Å². The average molecular weight is 292 g/mol. The van der Waals surface area contributed by atoms with E-state index in [1.807, 2.05) is 20.8 Å². The first kappa shape index (κ1) is 15.4. The first-order valence-electron chi connectivity index (χ1n) is 9.06. The summed E-state index contributed by atoms with van der Waals surface area (Å²) in [6.07, 6.45) is 10.5. The molecule has 0 amide bonds. The number of hydrogen-bond donors (Lipinski definition) is 0. The lowest BCUT2D eigenvalue weighted by Gasteiger charge is -2.34. The van der Waals surface area contributed by atoms with Crippen molar-refractivity contribution in [2.24, 2.45) is 40.9 Å². The van der Waals surface area contributed by atoms with Crippen LogP contribution in [0.5, 0.6) is 0 Å². The van der Waals surface area contributed by atoms with Gasteiger partial charge in [-0.3, -0.25) is 4.79 Å². The van der Waals surface area contributed by atoms with Crippen molar-refractivity contribution in [1.82, 2.24) is 0 Å². The molecule has 0 heterocycles. The van der Waals surface area contributed by atoms with Crippen molar-refractivity contribution in [3.63, 3.8) is 0 Å². The summed E-state index contributed by atoms with van der Waals surface area (Å²) >= 11 is 0. The van der Waals surface area contributed by atoms with Gasteiger partial charge in [-0.05, 0) is 94.3 Å². The summed E-state index contributed by atoms with van der Waals surface area (Å²) in [5, 5.41) is 0. The molecular formula is C19H32O2. The normalized spacial score (nSPS) is 42.5. The highest BCUT2D eigenvalue weighted by atomic mass is 16.5. The van der Waals surface area contributed by atoms with Gasteiger partial charge < -0.3 is 4.74 Å². The highest BCUT2D eigenvalue weighted by Crippen LogP contribution is 2.67. The Morgan fingerprint density at radius 2 is 1.33 bits per heavy atom. The standard InChI is InChI=1S/C12H18.C7H14O2/c1-2-8-5-7(1)11-9-3-4-10(6-9)12(8)11;1-5-7(2,3)6(8)9-4/h7-12H,1-6H2;5H2,1-4H3. The van der Waals surface area contributed by atoms with E-state index in [0.29, 0.717) is 0 Å². The van der Waals surface area contributed by atoms with Crippen LogP contribution < -0.4 is 0 Å². The molecule has 0 aromatic heterocycles. The fourth-order valence-corrected chi connectivity index (χ4v) is 5.95. The number of esters is 1. The minimum Gasteiger partial charge on any atom is -0.469 e. The molecule has 0 saturated heterocycles. The SMILES string of the molecule is C1CC2CC1C1C3CCC(C3)C21.CCC(C)(C)C(=O)OC. The van der Waals surface area contributed by atoms with Gasteiger partial charge in [0.1, 0.15) is 0 Å². The van der Waals surface area contributed by atoms with Gasteiger partial charge in [-0.15, -0.1) is 0 Å². The molecule has 0 aromatic rings. The van der Waals surface area contributed by atoms with Gasteiger partial charge in [0.2, 0.25) is 0 Å². The van der Waals surface area contributed by atoms with Gasteiger partial charge in [-0.2, -0.15) is 0 Å². The number of carbonyl (C=O) groups excluding carboxylic acids is 1. The molecule has 0 aliphatic heterocycles. The number of ether oxygens (including phenoxy) is 1. The summed E-state index contributed by atoms with van der Waals surface area (Å²) in [5.41, 5.74) is -0.311. The summed E-state index contributed by atoms with van der Waals surface area (Å²) in [6.45, 7) is 5.72. The van der Waals surface area contributed by atoms with Crippen molar-refractivity contribution < 1.29 is 9.53 Å². The fourth-order valence-electron chi connectivity index (χ4n) is 5.95. The van der Waals surface area contributed by atoms with Gasteiger partial charge in [0, 0.05) is 0 Å². The molecule has 4 aliphatic rings. The molecule has 2 heteroatoms. The zero-order chi connectivity index (χ0) is 15.2. The van der Waals surface area contributed by atoms with E-state index in [-0.39, 0.29) is 11.4 Å². The Morgan fingerprint density at radius 1 is 0.952 bits per heavy atom. The zero-order valence-electron chi connectivity index (χ0n) is 14.2. The molecule has 120 valence electrons. The Morgan fingerprint density at radius 3 is 1.57 bits per heavy atom. The van der Waals surface area contributed by atoms with Crippen LogP contribution in [0.25, 0.3) is 0 Å². The summed E-state index contributed by atoms with van der Waals surface area (Å²) in [5.74, 6) is 7.16. The Labute approximate surface area is 130 Å².